The molecule has 1 heterocycles. The van der Waals surface area contributed by atoms with Crippen LogP contribution in [-0.2, 0) is 4.79 Å². The number of carboxylic acid groups (broad SMARTS) is 1. The maximum Gasteiger partial charge on any atom is 0.306 e. The molecule has 3 aromatic rings. The van der Waals surface area contributed by atoms with E-state index in [1.54, 1.807) is 31.4 Å². The molecule has 1 fully saturated rings. The van der Waals surface area contributed by atoms with E-state index < -0.39 is 5.97 Å². The molecule has 0 unspecified atom stereocenters. The summed E-state index contributed by atoms with van der Waals surface area (Å²) in [6, 6.07) is 14.4. The van der Waals surface area contributed by atoms with Gasteiger partial charge in [0.2, 0.25) is 0 Å². The number of ether oxygens (including phenoxy) is 2. The Morgan fingerprint density at radius 1 is 0.971 bits per heavy atom. The molecular weight excluding hydrogens is 468 g/mol. The Labute approximate surface area is 207 Å². The lowest BCUT2D eigenvalue weighted by atomic mass is 9.87. The number of carbonyl (C=O) groups is 3. The summed E-state index contributed by atoms with van der Waals surface area (Å²) in [5.41, 5.74) is 0.495. The monoisotopic (exact) mass is 496 g/mol. The van der Waals surface area contributed by atoms with Crippen LogP contribution in [0.5, 0.6) is 11.5 Å². The van der Waals surface area contributed by atoms with E-state index in [-0.39, 0.29) is 23.8 Å². The first kappa shape index (κ1) is 24.5. The van der Waals surface area contributed by atoms with Gasteiger partial charge in [-0.05, 0) is 68.1 Å². The summed E-state index contributed by atoms with van der Waals surface area (Å²) >= 11 is 1.39. The summed E-state index contributed by atoms with van der Waals surface area (Å²) in [5, 5.41) is 15.6. The zero-order valence-corrected chi connectivity index (χ0v) is 20.2. The molecular formula is C26H28N2O6S. The number of hydrogen-bond acceptors (Lipinski definition) is 6. The van der Waals surface area contributed by atoms with Gasteiger partial charge in [-0.1, -0.05) is 6.07 Å². The number of nitrogens with one attached hydrogen (secondary N) is 2. The second kappa shape index (κ2) is 11.2. The van der Waals surface area contributed by atoms with Gasteiger partial charge >= 0.3 is 5.97 Å². The first-order chi connectivity index (χ1) is 16.9. The van der Waals surface area contributed by atoms with E-state index in [1.807, 2.05) is 24.3 Å². The molecule has 1 aliphatic rings. The minimum Gasteiger partial charge on any atom is -0.496 e. The smallest absolute Gasteiger partial charge is 0.306 e. The molecule has 4 rings (SSSR count). The third-order valence-corrected chi connectivity index (χ3v) is 7.20. The Morgan fingerprint density at radius 2 is 1.66 bits per heavy atom. The van der Waals surface area contributed by atoms with Crippen molar-refractivity contribution in [3.63, 3.8) is 0 Å². The van der Waals surface area contributed by atoms with Crippen molar-refractivity contribution in [3.05, 3.63) is 59.0 Å². The van der Waals surface area contributed by atoms with Crippen LogP contribution in [0.1, 0.15) is 45.7 Å². The highest BCUT2D eigenvalue weighted by molar-refractivity contribution is 7.20. The number of fused-ring (bicyclic) bond motifs is 1. The normalized spacial score (nSPS) is 17.5. The highest BCUT2D eigenvalue weighted by Crippen LogP contribution is 2.32. The van der Waals surface area contributed by atoms with E-state index in [0.717, 1.165) is 15.8 Å². The highest BCUT2D eigenvalue weighted by Gasteiger charge is 2.26. The van der Waals surface area contributed by atoms with Gasteiger partial charge in [0.05, 0.1) is 24.0 Å². The average molecular weight is 497 g/mol. The number of thiophene rings is 1. The molecule has 0 spiro atoms. The molecule has 0 saturated heterocycles. The third kappa shape index (κ3) is 6.10. The summed E-state index contributed by atoms with van der Waals surface area (Å²) in [7, 11) is 1.60. The Hall–Kier alpha value is -3.59. The number of hydrogen-bond donors (Lipinski definition) is 3. The number of aliphatic carboxylic acids is 1. The van der Waals surface area contributed by atoms with Crippen molar-refractivity contribution in [2.75, 3.05) is 20.2 Å². The summed E-state index contributed by atoms with van der Waals surface area (Å²) in [6.45, 7) is 0.597. The molecule has 1 aromatic heterocycles. The molecule has 1 aliphatic carbocycles. The fourth-order valence-corrected chi connectivity index (χ4v) is 5.16. The van der Waals surface area contributed by atoms with E-state index in [1.165, 1.54) is 11.3 Å². The van der Waals surface area contributed by atoms with E-state index in [4.69, 9.17) is 14.6 Å². The summed E-state index contributed by atoms with van der Waals surface area (Å²) in [5.74, 6) is -0.0568. The molecule has 184 valence electrons. The molecule has 0 atom stereocenters. The first-order valence-corrected chi connectivity index (χ1v) is 12.4. The van der Waals surface area contributed by atoms with Gasteiger partial charge in [0.1, 0.15) is 11.5 Å². The second-order valence-electron chi connectivity index (χ2n) is 8.45. The average Bonchev–Trinajstić information content (AvgIpc) is 3.32. The fourth-order valence-electron chi connectivity index (χ4n) is 4.17. The van der Waals surface area contributed by atoms with Gasteiger partial charge in [-0.2, -0.15) is 0 Å². The van der Waals surface area contributed by atoms with Gasteiger partial charge in [0.15, 0.2) is 0 Å². The van der Waals surface area contributed by atoms with Crippen molar-refractivity contribution in [1.29, 1.82) is 0 Å². The lowest BCUT2D eigenvalue weighted by Gasteiger charge is -2.26. The molecule has 0 bridgehead atoms. The molecule has 2 amide bonds. The molecule has 0 aliphatic heterocycles. The summed E-state index contributed by atoms with van der Waals surface area (Å²) < 4.78 is 12.3. The number of rotatable bonds is 9. The Kier molecular flexibility index (Phi) is 7.87. The molecule has 9 heteroatoms. The van der Waals surface area contributed by atoms with Crippen LogP contribution < -0.4 is 20.1 Å². The van der Waals surface area contributed by atoms with Gasteiger partial charge in [0.25, 0.3) is 11.8 Å². The highest BCUT2D eigenvalue weighted by atomic mass is 32.1. The van der Waals surface area contributed by atoms with Crippen molar-refractivity contribution in [2.45, 2.75) is 31.8 Å². The molecule has 8 nitrogen and oxygen atoms in total. The standard InChI is InChI=1S/C26H28N2O6S/c1-33-21-3-2-4-22-20(21)15-23(35-22)25(30)28-14-13-27-24(29)16-5-9-18(10-6-16)34-19-11-7-17(8-12-19)26(31)32/h2-6,9-10,15,17,19H,7-8,11-14H2,1H3,(H,27,29)(H,28,30)(H,31,32). The number of methoxy groups -OCH3 is 1. The van der Waals surface area contributed by atoms with Crippen LogP contribution in [0.3, 0.4) is 0 Å². The number of benzene rings is 2. The largest absolute Gasteiger partial charge is 0.496 e. The van der Waals surface area contributed by atoms with Gasteiger partial charge in [-0.25, -0.2) is 0 Å². The third-order valence-electron chi connectivity index (χ3n) is 6.10. The van der Waals surface area contributed by atoms with Gasteiger partial charge in [-0.15, -0.1) is 11.3 Å². The van der Waals surface area contributed by atoms with E-state index in [0.29, 0.717) is 55.0 Å². The van der Waals surface area contributed by atoms with Crippen molar-refractivity contribution < 1.29 is 29.0 Å². The van der Waals surface area contributed by atoms with Crippen LogP contribution in [0.4, 0.5) is 0 Å². The topological polar surface area (TPSA) is 114 Å². The number of carbonyl (C=O) groups excluding carboxylic acids is 2. The number of amides is 2. The SMILES string of the molecule is COc1cccc2sc(C(=O)NCCNC(=O)c3ccc(OC4CCC(C(=O)O)CC4)cc3)cc12. The quantitative estimate of drug-likeness (QED) is 0.385. The maximum absolute atomic E-state index is 12.5. The first-order valence-electron chi connectivity index (χ1n) is 11.6. The minimum absolute atomic E-state index is 0.00378. The van der Waals surface area contributed by atoms with Crippen LogP contribution in [0.2, 0.25) is 0 Å². The van der Waals surface area contributed by atoms with Crippen molar-refractivity contribution in [3.8, 4) is 11.5 Å². The van der Waals surface area contributed by atoms with Crippen LogP contribution >= 0.6 is 11.3 Å². The Morgan fingerprint density at radius 3 is 2.31 bits per heavy atom. The van der Waals surface area contributed by atoms with Gasteiger partial charge < -0.3 is 25.2 Å². The van der Waals surface area contributed by atoms with Gasteiger partial charge in [-0.3, -0.25) is 14.4 Å². The van der Waals surface area contributed by atoms with Crippen LogP contribution in [0, 0.1) is 5.92 Å². The minimum atomic E-state index is -0.737. The maximum atomic E-state index is 12.5. The van der Waals surface area contributed by atoms with Crippen LogP contribution in [-0.4, -0.2) is 49.2 Å². The van der Waals surface area contributed by atoms with Crippen molar-refractivity contribution in [2.24, 2.45) is 5.92 Å². The van der Waals surface area contributed by atoms with E-state index in [2.05, 4.69) is 10.6 Å². The summed E-state index contributed by atoms with van der Waals surface area (Å²) in [4.78, 5) is 36.6. The number of carboxylic acids is 1. The zero-order chi connectivity index (χ0) is 24.8. The predicted octanol–water partition coefficient (Wildman–Crippen LogP) is 4.09. The Balaban J connectivity index is 1.20. The van der Waals surface area contributed by atoms with Gasteiger partial charge in [0, 0.05) is 28.7 Å². The molecule has 1 saturated carbocycles. The second-order valence-corrected chi connectivity index (χ2v) is 9.53. The zero-order valence-electron chi connectivity index (χ0n) is 19.4. The van der Waals surface area contributed by atoms with Crippen molar-refractivity contribution >= 4 is 39.2 Å². The van der Waals surface area contributed by atoms with Crippen molar-refractivity contribution in [1.82, 2.24) is 10.6 Å². The predicted molar refractivity (Wildman–Crippen MR) is 133 cm³/mol. The lowest BCUT2D eigenvalue weighted by Crippen LogP contribution is -2.34. The summed E-state index contributed by atoms with van der Waals surface area (Å²) in [6.07, 6.45) is 2.65. The van der Waals surface area contributed by atoms with E-state index in [9.17, 15) is 14.4 Å². The molecule has 2 aromatic carbocycles. The van der Waals surface area contributed by atoms with Crippen LogP contribution in [0.15, 0.2) is 48.5 Å². The molecule has 3 N–H and O–H groups in total. The fraction of sp³-hybridized carbons (Fsp3) is 0.346. The Bertz CT molecular complexity index is 1200. The molecule has 35 heavy (non-hydrogen) atoms. The lowest BCUT2D eigenvalue weighted by molar-refractivity contribution is -0.143. The van der Waals surface area contributed by atoms with E-state index >= 15 is 0 Å². The van der Waals surface area contributed by atoms with Crippen LogP contribution in [0.25, 0.3) is 10.1 Å². The molecule has 0 radical (unpaired) electrons.